The molecule has 20 heavy (non-hydrogen) atoms. The van der Waals surface area contributed by atoms with Crippen LogP contribution in [0.15, 0.2) is 18.2 Å². The fourth-order valence-corrected chi connectivity index (χ4v) is 2.94. The molecule has 2 aliphatic rings. The first kappa shape index (κ1) is 13.4. The van der Waals surface area contributed by atoms with Crippen molar-refractivity contribution in [2.45, 2.75) is 32.2 Å². The van der Waals surface area contributed by atoms with E-state index in [-0.39, 0.29) is 11.9 Å². The molecular formula is C16H22N2O2. The number of hydrogen-bond acceptors (Lipinski definition) is 3. The standard InChI is InChI=1S/C16H22N2O2/c1-12-16(19)18(8-2-7-17-12)9-5-13-3-4-15-14(11-13)6-10-20-15/h3-4,11-12,17H,2,5-10H2,1H3. The maximum Gasteiger partial charge on any atom is 0.239 e. The lowest BCUT2D eigenvalue weighted by atomic mass is 10.1. The van der Waals surface area contributed by atoms with Gasteiger partial charge in [0.15, 0.2) is 0 Å². The molecule has 0 aliphatic carbocycles. The average molecular weight is 274 g/mol. The van der Waals surface area contributed by atoms with E-state index in [0.29, 0.717) is 0 Å². The van der Waals surface area contributed by atoms with Gasteiger partial charge in [0, 0.05) is 19.5 Å². The summed E-state index contributed by atoms with van der Waals surface area (Å²) >= 11 is 0. The van der Waals surface area contributed by atoms with E-state index in [1.165, 1.54) is 11.1 Å². The summed E-state index contributed by atoms with van der Waals surface area (Å²) < 4.78 is 5.52. The molecule has 1 saturated heterocycles. The number of fused-ring (bicyclic) bond motifs is 1. The molecule has 0 bridgehead atoms. The van der Waals surface area contributed by atoms with Crippen LogP contribution in [-0.2, 0) is 17.6 Å². The molecule has 108 valence electrons. The second-order valence-corrected chi connectivity index (χ2v) is 5.65. The van der Waals surface area contributed by atoms with Gasteiger partial charge in [0.05, 0.1) is 12.6 Å². The Morgan fingerprint density at radius 1 is 1.45 bits per heavy atom. The minimum absolute atomic E-state index is 0.0501. The summed E-state index contributed by atoms with van der Waals surface area (Å²) in [4.78, 5) is 14.2. The molecule has 0 radical (unpaired) electrons. The van der Waals surface area contributed by atoms with Crippen molar-refractivity contribution in [1.82, 2.24) is 10.2 Å². The van der Waals surface area contributed by atoms with Crippen molar-refractivity contribution in [2.24, 2.45) is 0 Å². The highest BCUT2D eigenvalue weighted by Crippen LogP contribution is 2.26. The van der Waals surface area contributed by atoms with Crippen LogP contribution in [0.4, 0.5) is 0 Å². The van der Waals surface area contributed by atoms with Crippen LogP contribution in [0, 0.1) is 0 Å². The van der Waals surface area contributed by atoms with Gasteiger partial charge in [0.2, 0.25) is 5.91 Å². The van der Waals surface area contributed by atoms with Gasteiger partial charge in [0.25, 0.3) is 0 Å². The predicted octanol–water partition coefficient (Wildman–Crippen LogP) is 1.37. The van der Waals surface area contributed by atoms with Crippen molar-refractivity contribution in [1.29, 1.82) is 0 Å². The maximum absolute atomic E-state index is 12.2. The van der Waals surface area contributed by atoms with Gasteiger partial charge in [0.1, 0.15) is 5.75 Å². The zero-order valence-electron chi connectivity index (χ0n) is 12.0. The molecule has 0 aromatic heterocycles. The molecule has 0 spiro atoms. The van der Waals surface area contributed by atoms with Crippen molar-refractivity contribution in [2.75, 3.05) is 26.2 Å². The van der Waals surface area contributed by atoms with Crippen LogP contribution in [0.3, 0.4) is 0 Å². The Morgan fingerprint density at radius 2 is 2.35 bits per heavy atom. The van der Waals surface area contributed by atoms with Gasteiger partial charge < -0.3 is 15.0 Å². The molecule has 0 saturated carbocycles. The van der Waals surface area contributed by atoms with Crippen molar-refractivity contribution < 1.29 is 9.53 Å². The molecule has 2 aliphatic heterocycles. The average Bonchev–Trinajstić information content (AvgIpc) is 2.86. The van der Waals surface area contributed by atoms with Crippen molar-refractivity contribution in [3.63, 3.8) is 0 Å². The van der Waals surface area contributed by atoms with Crippen LogP contribution in [0.1, 0.15) is 24.5 Å². The van der Waals surface area contributed by atoms with Gasteiger partial charge >= 0.3 is 0 Å². The van der Waals surface area contributed by atoms with Crippen LogP contribution in [0.5, 0.6) is 5.75 Å². The molecule has 1 amide bonds. The molecule has 4 heteroatoms. The largest absolute Gasteiger partial charge is 0.493 e. The van der Waals surface area contributed by atoms with Gasteiger partial charge in [-0.2, -0.15) is 0 Å². The van der Waals surface area contributed by atoms with Crippen molar-refractivity contribution in [3.05, 3.63) is 29.3 Å². The molecule has 1 atom stereocenters. The van der Waals surface area contributed by atoms with Gasteiger partial charge in [-0.1, -0.05) is 12.1 Å². The number of carbonyl (C=O) groups excluding carboxylic acids is 1. The number of nitrogens with zero attached hydrogens (tertiary/aromatic N) is 1. The Kier molecular flexibility index (Phi) is 3.92. The highest BCUT2D eigenvalue weighted by atomic mass is 16.5. The molecular weight excluding hydrogens is 252 g/mol. The number of carbonyl (C=O) groups is 1. The predicted molar refractivity (Wildman–Crippen MR) is 78.0 cm³/mol. The summed E-state index contributed by atoms with van der Waals surface area (Å²) in [5, 5.41) is 3.25. The quantitative estimate of drug-likeness (QED) is 0.905. The SMILES string of the molecule is CC1NCCCN(CCc2ccc3c(c2)CCO3)C1=O. The fraction of sp³-hybridized carbons (Fsp3) is 0.562. The number of hydrogen-bond donors (Lipinski definition) is 1. The zero-order chi connectivity index (χ0) is 13.9. The van der Waals surface area contributed by atoms with Gasteiger partial charge in [-0.25, -0.2) is 0 Å². The second-order valence-electron chi connectivity index (χ2n) is 5.65. The Morgan fingerprint density at radius 3 is 3.25 bits per heavy atom. The summed E-state index contributed by atoms with van der Waals surface area (Å²) in [7, 11) is 0. The van der Waals surface area contributed by atoms with Crippen LogP contribution in [-0.4, -0.2) is 43.1 Å². The Hall–Kier alpha value is -1.55. The first-order valence-corrected chi connectivity index (χ1v) is 7.51. The van der Waals surface area contributed by atoms with E-state index < -0.39 is 0 Å². The minimum atomic E-state index is -0.0501. The number of ether oxygens (including phenoxy) is 1. The maximum atomic E-state index is 12.2. The number of amides is 1. The van der Waals surface area contributed by atoms with Crippen LogP contribution < -0.4 is 10.1 Å². The first-order valence-electron chi connectivity index (χ1n) is 7.51. The van der Waals surface area contributed by atoms with E-state index in [2.05, 4.69) is 23.5 Å². The summed E-state index contributed by atoms with van der Waals surface area (Å²) in [5.41, 5.74) is 2.60. The lowest BCUT2D eigenvalue weighted by Crippen LogP contribution is -2.42. The molecule has 1 unspecified atom stereocenters. The molecule has 1 N–H and O–H groups in total. The van der Waals surface area contributed by atoms with Gasteiger partial charge in [-0.05, 0) is 43.5 Å². The highest BCUT2D eigenvalue weighted by molar-refractivity contribution is 5.81. The molecule has 2 heterocycles. The third-order valence-electron chi connectivity index (χ3n) is 4.16. The molecule has 1 aromatic carbocycles. The lowest BCUT2D eigenvalue weighted by Gasteiger charge is -2.22. The van der Waals surface area contributed by atoms with Crippen LogP contribution in [0.25, 0.3) is 0 Å². The summed E-state index contributed by atoms with van der Waals surface area (Å²) in [6.45, 7) is 5.36. The zero-order valence-corrected chi connectivity index (χ0v) is 12.0. The summed E-state index contributed by atoms with van der Waals surface area (Å²) in [5.74, 6) is 1.25. The van der Waals surface area contributed by atoms with Gasteiger partial charge in [-0.15, -0.1) is 0 Å². The minimum Gasteiger partial charge on any atom is -0.493 e. The fourth-order valence-electron chi connectivity index (χ4n) is 2.94. The normalized spacial score (nSPS) is 22.4. The van der Waals surface area contributed by atoms with E-state index in [1.807, 2.05) is 11.8 Å². The van der Waals surface area contributed by atoms with E-state index in [0.717, 1.165) is 51.3 Å². The molecule has 4 nitrogen and oxygen atoms in total. The molecule has 1 fully saturated rings. The highest BCUT2D eigenvalue weighted by Gasteiger charge is 2.22. The van der Waals surface area contributed by atoms with Crippen LogP contribution in [0.2, 0.25) is 0 Å². The second kappa shape index (κ2) is 5.83. The monoisotopic (exact) mass is 274 g/mol. The van der Waals surface area contributed by atoms with E-state index in [1.54, 1.807) is 0 Å². The van der Waals surface area contributed by atoms with Crippen LogP contribution >= 0.6 is 0 Å². The molecule has 3 rings (SSSR count). The third kappa shape index (κ3) is 2.80. The van der Waals surface area contributed by atoms with Crippen molar-refractivity contribution >= 4 is 5.91 Å². The van der Waals surface area contributed by atoms with Crippen molar-refractivity contribution in [3.8, 4) is 5.75 Å². The van der Waals surface area contributed by atoms with E-state index in [9.17, 15) is 4.79 Å². The Labute approximate surface area is 120 Å². The Bertz CT molecular complexity index is 501. The third-order valence-corrected chi connectivity index (χ3v) is 4.16. The topological polar surface area (TPSA) is 41.6 Å². The first-order chi connectivity index (χ1) is 9.74. The lowest BCUT2D eigenvalue weighted by molar-refractivity contribution is -0.132. The van der Waals surface area contributed by atoms with E-state index >= 15 is 0 Å². The van der Waals surface area contributed by atoms with Gasteiger partial charge in [-0.3, -0.25) is 4.79 Å². The van der Waals surface area contributed by atoms with E-state index in [4.69, 9.17) is 4.74 Å². The summed E-state index contributed by atoms with van der Waals surface area (Å²) in [6, 6.07) is 6.36. The Balaban J connectivity index is 1.62. The number of nitrogens with one attached hydrogen (secondary N) is 1. The number of rotatable bonds is 3. The number of benzene rings is 1. The smallest absolute Gasteiger partial charge is 0.239 e. The summed E-state index contributed by atoms with van der Waals surface area (Å²) in [6.07, 6.45) is 2.96. The molecule has 1 aromatic rings.